The number of aryl methyl sites for hydroxylation is 1. The van der Waals surface area contributed by atoms with Gasteiger partial charge in [0.2, 0.25) is 5.82 Å². The standard InChI is InChI=1S/C12H12F3N3O/c1-7-4-3-5-8(6-7)9-17-10(19-18-9)11(2,16)12(13,14)15/h3-6H,16H2,1-2H3. The molecule has 0 saturated carbocycles. The van der Waals surface area contributed by atoms with Crippen molar-refractivity contribution in [1.29, 1.82) is 0 Å². The molecule has 0 radical (unpaired) electrons. The molecule has 1 unspecified atom stereocenters. The Kier molecular flexibility index (Phi) is 3.09. The Balaban J connectivity index is 2.40. The van der Waals surface area contributed by atoms with E-state index in [1.165, 1.54) is 0 Å². The maximum Gasteiger partial charge on any atom is 0.415 e. The molecule has 19 heavy (non-hydrogen) atoms. The van der Waals surface area contributed by atoms with E-state index in [1.807, 2.05) is 13.0 Å². The summed E-state index contributed by atoms with van der Waals surface area (Å²) in [5, 5.41) is 3.54. The van der Waals surface area contributed by atoms with Crippen molar-refractivity contribution in [2.45, 2.75) is 25.6 Å². The lowest BCUT2D eigenvalue weighted by Crippen LogP contribution is -2.47. The second kappa shape index (κ2) is 4.34. The van der Waals surface area contributed by atoms with Crippen LogP contribution in [-0.2, 0) is 5.54 Å². The first kappa shape index (κ1) is 13.5. The van der Waals surface area contributed by atoms with Gasteiger partial charge >= 0.3 is 6.18 Å². The number of rotatable bonds is 2. The van der Waals surface area contributed by atoms with Crippen LogP contribution < -0.4 is 5.73 Å². The second-order valence-corrected chi connectivity index (χ2v) is 4.49. The molecule has 2 rings (SSSR count). The maximum absolute atomic E-state index is 12.7. The molecule has 1 atom stereocenters. The van der Waals surface area contributed by atoms with Gasteiger partial charge in [-0.1, -0.05) is 28.9 Å². The van der Waals surface area contributed by atoms with Gasteiger partial charge in [0.05, 0.1) is 0 Å². The molecule has 102 valence electrons. The van der Waals surface area contributed by atoms with E-state index in [4.69, 9.17) is 5.73 Å². The first-order valence-corrected chi connectivity index (χ1v) is 5.48. The van der Waals surface area contributed by atoms with Crippen molar-refractivity contribution in [2.24, 2.45) is 5.73 Å². The van der Waals surface area contributed by atoms with E-state index in [0.29, 0.717) is 5.56 Å². The van der Waals surface area contributed by atoms with Gasteiger partial charge in [-0.2, -0.15) is 18.2 Å². The lowest BCUT2D eigenvalue weighted by Gasteiger charge is -2.22. The Morgan fingerprint density at radius 1 is 1.26 bits per heavy atom. The van der Waals surface area contributed by atoms with E-state index >= 15 is 0 Å². The topological polar surface area (TPSA) is 64.9 Å². The van der Waals surface area contributed by atoms with Crippen LogP contribution in [0.5, 0.6) is 0 Å². The van der Waals surface area contributed by atoms with Crippen LogP contribution in [0.15, 0.2) is 28.8 Å². The lowest BCUT2D eigenvalue weighted by atomic mass is 10.0. The molecule has 7 heteroatoms. The van der Waals surface area contributed by atoms with Gasteiger partial charge in [-0.3, -0.25) is 0 Å². The number of hydrogen-bond donors (Lipinski definition) is 1. The third-order valence-electron chi connectivity index (χ3n) is 2.74. The second-order valence-electron chi connectivity index (χ2n) is 4.49. The third-order valence-corrected chi connectivity index (χ3v) is 2.74. The Hall–Kier alpha value is -1.89. The monoisotopic (exact) mass is 271 g/mol. The van der Waals surface area contributed by atoms with Gasteiger partial charge in [0.1, 0.15) is 0 Å². The van der Waals surface area contributed by atoms with Crippen LogP contribution in [0, 0.1) is 6.92 Å². The highest BCUT2D eigenvalue weighted by Crippen LogP contribution is 2.36. The number of nitrogens with zero attached hydrogens (tertiary/aromatic N) is 2. The van der Waals surface area contributed by atoms with Gasteiger partial charge in [-0.15, -0.1) is 0 Å². The van der Waals surface area contributed by atoms with Crippen LogP contribution >= 0.6 is 0 Å². The largest absolute Gasteiger partial charge is 0.415 e. The SMILES string of the molecule is Cc1cccc(-c2noc(C(C)(N)C(F)(F)F)n2)c1. The maximum atomic E-state index is 12.7. The van der Waals surface area contributed by atoms with E-state index in [9.17, 15) is 13.2 Å². The van der Waals surface area contributed by atoms with Gasteiger partial charge in [-0.05, 0) is 19.9 Å². The molecule has 0 fully saturated rings. The highest BCUT2D eigenvalue weighted by molar-refractivity contribution is 5.55. The molecule has 1 heterocycles. The number of nitrogens with two attached hydrogens (primary N) is 1. The molecule has 2 aromatic rings. The van der Waals surface area contributed by atoms with E-state index in [2.05, 4.69) is 14.7 Å². The molecule has 0 saturated heterocycles. The summed E-state index contributed by atoms with van der Waals surface area (Å²) >= 11 is 0. The third kappa shape index (κ3) is 2.46. The lowest BCUT2D eigenvalue weighted by molar-refractivity contribution is -0.190. The minimum atomic E-state index is -4.66. The molecule has 4 nitrogen and oxygen atoms in total. The Morgan fingerprint density at radius 3 is 2.53 bits per heavy atom. The molecule has 1 aromatic heterocycles. The Morgan fingerprint density at radius 2 is 1.95 bits per heavy atom. The first-order chi connectivity index (χ1) is 8.72. The molecule has 1 aromatic carbocycles. The van der Waals surface area contributed by atoms with Gasteiger partial charge < -0.3 is 10.3 Å². The van der Waals surface area contributed by atoms with Crippen LogP contribution in [-0.4, -0.2) is 16.3 Å². The zero-order chi connectivity index (χ0) is 14.3. The minimum absolute atomic E-state index is 0.0830. The number of hydrogen-bond acceptors (Lipinski definition) is 4. The summed E-state index contributed by atoms with van der Waals surface area (Å²) in [6.45, 7) is 2.65. The fourth-order valence-corrected chi connectivity index (χ4v) is 1.46. The predicted molar refractivity (Wildman–Crippen MR) is 62.1 cm³/mol. The fourth-order valence-electron chi connectivity index (χ4n) is 1.46. The Bertz CT molecular complexity index is 590. The molecule has 0 amide bonds. The number of alkyl halides is 3. The van der Waals surface area contributed by atoms with Gasteiger partial charge in [-0.25, -0.2) is 0 Å². The minimum Gasteiger partial charge on any atom is -0.337 e. The predicted octanol–water partition coefficient (Wildman–Crippen LogP) is 2.78. The average Bonchev–Trinajstić information content (AvgIpc) is 2.77. The quantitative estimate of drug-likeness (QED) is 0.912. The van der Waals surface area contributed by atoms with Crippen LogP contribution in [0.4, 0.5) is 13.2 Å². The van der Waals surface area contributed by atoms with E-state index in [1.54, 1.807) is 18.2 Å². The van der Waals surface area contributed by atoms with Crippen molar-refractivity contribution in [1.82, 2.24) is 10.1 Å². The number of aromatic nitrogens is 2. The molecular weight excluding hydrogens is 259 g/mol. The smallest absolute Gasteiger partial charge is 0.337 e. The number of benzene rings is 1. The summed E-state index contributed by atoms with van der Waals surface area (Å²) in [7, 11) is 0. The average molecular weight is 271 g/mol. The summed E-state index contributed by atoms with van der Waals surface area (Å²) in [6.07, 6.45) is -4.66. The van der Waals surface area contributed by atoms with Crippen LogP contribution in [0.3, 0.4) is 0 Å². The zero-order valence-corrected chi connectivity index (χ0v) is 10.3. The fraction of sp³-hybridized carbons (Fsp3) is 0.333. The normalized spacial score (nSPS) is 15.3. The molecule has 0 bridgehead atoms. The Labute approximate surface area is 107 Å². The van der Waals surface area contributed by atoms with Crippen molar-refractivity contribution in [3.63, 3.8) is 0 Å². The zero-order valence-electron chi connectivity index (χ0n) is 10.3. The van der Waals surface area contributed by atoms with Crippen molar-refractivity contribution < 1.29 is 17.7 Å². The van der Waals surface area contributed by atoms with E-state index in [-0.39, 0.29) is 5.82 Å². The van der Waals surface area contributed by atoms with Crippen molar-refractivity contribution in [2.75, 3.05) is 0 Å². The molecule has 0 spiro atoms. The summed E-state index contributed by atoms with van der Waals surface area (Å²) in [5.74, 6) is -0.573. The molecule has 0 aliphatic carbocycles. The van der Waals surface area contributed by atoms with Crippen molar-refractivity contribution in [3.8, 4) is 11.4 Å². The van der Waals surface area contributed by atoms with Gasteiger partial charge in [0.15, 0.2) is 5.54 Å². The molecule has 0 aliphatic heterocycles. The molecule has 0 aliphatic rings. The van der Waals surface area contributed by atoms with Crippen molar-refractivity contribution in [3.05, 3.63) is 35.7 Å². The van der Waals surface area contributed by atoms with Crippen molar-refractivity contribution >= 4 is 0 Å². The highest BCUT2D eigenvalue weighted by Gasteiger charge is 2.53. The summed E-state index contributed by atoms with van der Waals surface area (Å²) in [4.78, 5) is 3.74. The molecule has 2 N–H and O–H groups in total. The highest BCUT2D eigenvalue weighted by atomic mass is 19.4. The summed E-state index contributed by atoms with van der Waals surface area (Å²) in [6, 6.07) is 7.04. The first-order valence-electron chi connectivity index (χ1n) is 5.48. The van der Waals surface area contributed by atoms with Gasteiger partial charge in [0.25, 0.3) is 5.89 Å². The van der Waals surface area contributed by atoms with E-state index < -0.39 is 17.6 Å². The summed E-state index contributed by atoms with van der Waals surface area (Å²) in [5.41, 5.74) is 4.07. The van der Waals surface area contributed by atoms with E-state index in [0.717, 1.165) is 12.5 Å². The van der Waals surface area contributed by atoms with Gasteiger partial charge in [0, 0.05) is 5.56 Å². The van der Waals surface area contributed by atoms with Crippen LogP contribution in [0.25, 0.3) is 11.4 Å². The van der Waals surface area contributed by atoms with Crippen LogP contribution in [0.2, 0.25) is 0 Å². The number of halogens is 3. The summed E-state index contributed by atoms with van der Waals surface area (Å²) < 4.78 is 42.9. The van der Waals surface area contributed by atoms with Crippen LogP contribution in [0.1, 0.15) is 18.4 Å². The molecular formula is C12H12F3N3O.